The predicted octanol–water partition coefficient (Wildman–Crippen LogP) is 2.12. The van der Waals surface area contributed by atoms with Gasteiger partial charge in [0.05, 0.1) is 7.11 Å². The van der Waals surface area contributed by atoms with E-state index in [0.717, 1.165) is 31.4 Å². The fourth-order valence-corrected chi connectivity index (χ4v) is 2.37. The second-order valence-corrected chi connectivity index (χ2v) is 4.83. The van der Waals surface area contributed by atoms with E-state index in [4.69, 9.17) is 10.5 Å². The Kier molecular flexibility index (Phi) is 6.12. The Morgan fingerprint density at radius 1 is 1.32 bits per heavy atom. The summed E-state index contributed by atoms with van der Waals surface area (Å²) in [6.07, 6.45) is 4.06. The minimum atomic E-state index is -0.0308. The number of benzene rings is 1. The topological polar surface area (TPSA) is 64.3 Å². The van der Waals surface area contributed by atoms with Crippen molar-refractivity contribution < 1.29 is 9.53 Å². The molecule has 1 aliphatic carbocycles. The van der Waals surface area contributed by atoms with Crippen LogP contribution < -0.4 is 15.8 Å². The first kappa shape index (κ1) is 15.8. The molecule has 1 aromatic rings. The molecule has 0 spiro atoms. The number of carbonyl (C=O) groups is 1. The zero-order chi connectivity index (χ0) is 13.0. The molecule has 2 atom stereocenters. The first-order valence-electron chi connectivity index (χ1n) is 6.39. The van der Waals surface area contributed by atoms with Crippen molar-refractivity contribution in [1.29, 1.82) is 0 Å². The average molecular weight is 285 g/mol. The molecule has 2 rings (SSSR count). The lowest BCUT2D eigenvalue weighted by Gasteiger charge is -2.27. The first-order chi connectivity index (χ1) is 8.69. The monoisotopic (exact) mass is 284 g/mol. The van der Waals surface area contributed by atoms with Crippen molar-refractivity contribution in [2.45, 2.75) is 37.8 Å². The van der Waals surface area contributed by atoms with Gasteiger partial charge in [0.1, 0.15) is 5.75 Å². The Balaban J connectivity index is 0.00000180. The molecule has 0 heterocycles. The summed E-state index contributed by atoms with van der Waals surface area (Å²) in [6.45, 7) is 0. The van der Waals surface area contributed by atoms with Crippen molar-refractivity contribution in [2.75, 3.05) is 7.11 Å². The first-order valence-corrected chi connectivity index (χ1v) is 6.39. The molecule has 1 aromatic carbocycles. The van der Waals surface area contributed by atoms with Gasteiger partial charge in [0, 0.05) is 17.6 Å². The summed E-state index contributed by atoms with van der Waals surface area (Å²) in [6, 6.07) is 7.57. The summed E-state index contributed by atoms with van der Waals surface area (Å²) in [5.74, 6) is 0.725. The third-order valence-electron chi connectivity index (χ3n) is 3.40. The van der Waals surface area contributed by atoms with E-state index >= 15 is 0 Å². The van der Waals surface area contributed by atoms with Crippen LogP contribution in [0, 0.1) is 0 Å². The van der Waals surface area contributed by atoms with Gasteiger partial charge in [-0.25, -0.2) is 0 Å². The summed E-state index contributed by atoms with van der Waals surface area (Å²) in [7, 11) is 1.61. The molecular formula is C14H21ClN2O2. The van der Waals surface area contributed by atoms with Gasteiger partial charge in [0.25, 0.3) is 5.91 Å². The van der Waals surface area contributed by atoms with Crippen molar-refractivity contribution in [2.24, 2.45) is 5.73 Å². The summed E-state index contributed by atoms with van der Waals surface area (Å²) in [5, 5.41) is 3.04. The largest absolute Gasteiger partial charge is 0.497 e. The van der Waals surface area contributed by atoms with E-state index in [1.807, 2.05) is 0 Å². The normalized spacial score (nSPS) is 22.2. The Labute approximate surface area is 120 Å². The third-order valence-corrected chi connectivity index (χ3v) is 3.40. The highest BCUT2D eigenvalue weighted by Crippen LogP contribution is 2.18. The van der Waals surface area contributed by atoms with Crippen molar-refractivity contribution in [3.8, 4) is 5.75 Å². The van der Waals surface area contributed by atoms with Crippen LogP contribution in [-0.2, 0) is 0 Å². The van der Waals surface area contributed by atoms with Crippen molar-refractivity contribution in [3.63, 3.8) is 0 Å². The zero-order valence-electron chi connectivity index (χ0n) is 11.1. The maximum absolute atomic E-state index is 12.0. The van der Waals surface area contributed by atoms with E-state index in [2.05, 4.69) is 5.32 Å². The van der Waals surface area contributed by atoms with Crippen LogP contribution in [0.2, 0.25) is 0 Å². The van der Waals surface area contributed by atoms with E-state index < -0.39 is 0 Å². The number of methoxy groups -OCH3 is 1. The summed E-state index contributed by atoms with van der Waals surface area (Å²) in [5.41, 5.74) is 6.57. The van der Waals surface area contributed by atoms with Crippen LogP contribution in [0.3, 0.4) is 0 Å². The number of nitrogens with two attached hydrogens (primary N) is 1. The van der Waals surface area contributed by atoms with Crippen LogP contribution in [0.15, 0.2) is 24.3 Å². The highest BCUT2D eigenvalue weighted by Gasteiger charge is 2.21. The Morgan fingerprint density at radius 3 is 2.58 bits per heavy atom. The molecule has 1 aliphatic rings. The number of amides is 1. The van der Waals surface area contributed by atoms with E-state index in [1.165, 1.54) is 0 Å². The van der Waals surface area contributed by atoms with Gasteiger partial charge in [-0.2, -0.15) is 0 Å². The van der Waals surface area contributed by atoms with Crippen LogP contribution in [0.5, 0.6) is 5.75 Å². The Bertz CT molecular complexity index is 408. The highest BCUT2D eigenvalue weighted by atomic mass is 35.5. The zero-order valence-corrected chi connectivity index (χ0v) is 11.9. The molecule has 0 unspecified atom stereocenters. The van der Waals surface area contributed by atoms with Crippen molar-refractivity contribution in [3.05, 3.63) is 29.8 Å². The fourth-order valence-electron chi connectivity index (χ4n) is 2.37. The second-order valence-electron chi connectivity index (χ2n) is 4.83. The molecule has 3 N–H and O–H groups in total. The second kappa shape index (κ2) is 7.36. The van der Waals surface area contributed by atoms with Gasteiger partial charge in [-0.05, 0) is 49.9 Å². The smallest absolute Gasteiger partial charge is 0.251 e. The van der Waals surface area contributed by atoms with Crippen LogP contribution in [-0.4, -0.2) is 25.1 Å². The molecule has 1 saturated carbocycles. The molecule has 0 aliphatic heterocycles. The Hall–Kier alpha value is -1.26. The third kappa shape index (κ3) is 4.40. The van der Waals surface area contributed by atoms with Gasteiger partial charge in [-0.1, -0.05) is 0 Å². The number of hydrogen-bond donors (Lipinski definition) is 2. The minimum absolute atomic E-state index is 0. The number of halogens is 1. The molecule has 106 valence electrons. The number of hydrogen-bond acceptors (Lipinski definition) is 3. The van der Waals surface area contributed by atoms with E-state index in [-0.39, 0.29) is 30.4 Å². The van der Waals surface area contributed by atoms with Gasteiger partial charge in [-0.15, -0.1) is 12.4 Å². The standard InChI is InChI=1S/C14H20N2O2.ClH/c1-18-13-7-5-10(6-8-13)14(17)16-12-4-2-3-11(15)9-12;/h5-8,11-12H,2-4,9,15H2,1H3,(H,16,17);1H/t11-,12+;/m0./s1. The molecule has 1 amide bonds. The highest BCUT2D eigenvalue weighted by molar-refractivity contribution is 5.94. The fraction of sp³-hybridized carbons (Fsp3) is 0.500. The molecule has 5 heteroatoms. The van der Waals surface area contributed by atoms with Gasteiger partial charge in [-0.3, -0.25) is 4.79 Å². The lowest BCUT2D eigenvalue weighted by atomic mass is 9.91. The summed E-state index contributed by atoms with van der Waals surface area (Å²) >= 11 is 0. The van der Waals surface area contributed by atoms with Crippen LogP contribution in [0.25, 0.3) is 0 Å². The Morgan fingerprint density at radius 2 is 2.00 bits per heavy atom. The average Bonchev–Trinajstić information content (AvgIpc) is 2.39. The van der Waals surface area contributed by atoms with Gasteiger partial charge < -0.3 is 15.8 Å². The molecule has 0 radical (unpaired) electrons. The minimum Gasteiger partial charge on any atom is -0.497 e. The van der Waals surface area contributed by atoms with Crippen LogP contribution in [0.1, 0.15) is 36.0 Å². The maximum atomic E-state index is 12.0. The molecular weight excluding hydrogens is 264 g/mol. The van der Waals surface area contributed by atoms with Crippen LogP contribution in [0.4, 0.5) is 0 Å². The predicted molar refractivity (Wildman–Crippen MR) is 77.9 cm³/mol. The van der Waals surface area contributed by atoms with Gasteiger partial charge >= 0.3 is 0 Å². The van der Waals surface area contributed by atoms with E-state index in [1.54, 1.807) is 31.4 Å². The lowest BCUT2D eigenvalue weighted by molar-refractivity contribution is 0.0925. The van der Waals surface area contributed by atoms with E-state index in [0.29, 0.717) is 5.56 Å². The number of nitrogens with one attached hydrogen (secondary N) is 1. The molecule has 0 bridgehead atoms. The van der Waals surface area contributed by atoms with Crippen molar-refractivity contribution >= 4 is 18.3 Å². The molecule has 4 nitrogen and oxygen atoms in total. The molecule has 0 aromatic heterocycles. The molecule has 19 heavy (non-hydrogen) atoms. The van der Waals surface area contributed by atoms with Crippen molar-refractivity contribution in [1.82, 2.24) is 5.32 Å². The van der Waals surface area contributed by atoms with E-state index in [9.17, 15) is 4.79 Å². The molecule has 0 saturated heterocycles. The summed E-state index contributed by atoms with van der Waals surface area (Å²) < 4.78 is 5.06. The van der Waals surface area contributed by atoms with Gasteiger partial charge in [0.2, 0.25) is 0 Å². The lowest BCUT2D eigenvalue weighted by Crippen LogP contribution is -2.42. The number of ether oxygens (including phenoxy) is 1. The SMILES string of the molecule is COc1ccc(C(=O)N[C@@H]2CCC[C@H](N)C2)cc1.Cl. The maximum Gasteiger partial charge on any atom is 0.251 e. The van der Waals surface area contributed by atoms with Crippen LogP contribution >= 0.6 is 12.4 Å². The number of rotatable bonds is 3. The number of carbonyl (C=O) groups excluding carboxylic acids is 1. The summed E-state index contributed by atoms with van der Waals surface area (Å²) in [4.78, 5) is 12.0. The van der Waals surface area contributed by atoms with Gasteiger partial charge in [0.15, 0.2) is 0 Å². The quantitative estimate of drug-likeness (QED) is 0.893. The molecule has 1 fully saturated rings.